The van der Waals surface area contributed by atoms with Gasteiger partial charge in [0.15, 0.2) is 0 Å². The zero-order valence-electron chi connectivity index (χ0n) is 14.8. The SMILES string of the molecule is CN(C)C(=O)c1cccc(C(=O)N[C@@H]2CCN(c3cnn(C)c3)C2)c1. The van der Waals surface area contributed by atoms with Crippen LogP contribution in [0.2, 0.25) is 0 Å². The molecule has 1 aromatic carbocycles. The number of aryl methyl sites for hydroxylation is 1. The van der Waals surface area contributed by atoms with Crippen LogP contribution in [0, 0.1) is 0 Å². The predicted octanol–water partition coefficient (Wildman–Crippen LogP) is 1.13. The number of hydrogen-bond acceptors (Lipinski definition) is 4. The fourth-order valence-corrected chi connectivity index (χ4v) is 3.00. The number of hydrogen-bond donors (Lipinski definition) is 1. The van der Waals surface area contributed by atoms with Gasteiger partial charge in [-0.05, 0) is 24.6 Å². The maximum Gasteiger partial charge on any atom is 0.253 e. The van der Waals surface area contributed by atoms with Gasteiger partial charge in [0.1, 0.15) is 0 Å². The maximum absolute atomic E-state index is 12.5. The molecular weight excluding hydrogens is 318 g/mol. The van der Waals surface area contributed by atoms with Crippen LogP contribution in [0.25, 0.3) is 0 Å². The molecule has 0 bridgehead atoms. The summed E-state index contributed by atoms with van der Waals surface area (Å²) in [6.45, 7) is 1.64. The molecule has 1 N–H and O–H groups in total. The lowest BCUT2D eigenvalue weighted by molar-refractivity contribution is 0.0827. The third-order valence-corrected chi connectivity index (χ3v) is 4.36. The number of aromatic nitrogens is 2. The summed E-state index contributed by atoms with van der Waals surface area (Å²) >= 11 is 0. The number of carbonyl (C=O) groups excluding carboxylic acids is 2. The highest BCUT2D eigenvalue weighted by Crippen LogP contribution is 2.19. The van der Waals surface area contributed by atoms with E-state index >= 15 is 0 Å². The molecule has 7 heteroatoms. The number of benzene rings is 1. The Morgan fingerprint density at radius 1 is 1.28 bits per heavy atom. The van der Waals surface area contributed by atoms with Crippen molar-refractivity contribution in [3.8, 4) is 0 Å². The van der Waals surface area contributed by atoms with E-state index in [1.165, 1.54) is 4.90 Å². The summed E-state index contributed by atoms with van der Waals surface area (Å²) in [5, 5.41) is 7.25. The topological polar surface area (TPSA) is 70.5 Å². The number of anilines is 1. The minimum atomic E-state index is -0.147. The van der Waals surface area contributed by atoms with Gasteiger partial charge in [-0.25, -0.2) is 0 Å². The third-order valence-electron chi connectivity index (χ3n) is 4.36. The molecule has 132 valence electrons. The van der Waals surface area contributed by atoms with Crippen LogP contribution in [0.3, 0.4) is 0 Å². The van der Waals surface area contributed by atoms with Gasteiger partial charge in [-0.2, -0.15) is 5.10 Å². The first-order chi connectivity index (χ1) is 11.9. The summed E-state index contributed by atoms with van der Waals surface area (Å²) in [5.74, 6) is -0.260. The van der Waals surface area contributed by atoms with E-state index in [0.717, 1.165) is 25.2 Å². The van der Waals surface area contributed by atoms with Crippen molar-refractivity contribution < 1.29 is 9.59 Å². The van der Waals surface area contributed by atoms with Crippen molar-refractivity contribution in [3.05, 3.63) is 47.8 Å². The molecule has 7 nitrogen and oxygen atoms in total. The van der Waals surface area contributed by atoms with Crippen molar-refractivity contribution in [2.24, 2.45) is 7.05 Å². The van der Waals surface area contributed by atoms with Crippen molar-refractivity contribution in [3.63, 3.8) is 0 Å². The lowest BCUT2D eigenvalue weighted by Gasteiger charge is -2.17. The van der Waals surface area contributed by atoms with E-state index in [1.807, 2.05) is 19.4 Å². The average molecular weight is 341 g/mol. The summed E-state index contributed by atoms with van der Waals surface area (Å²) in [4.78, 5) is 28.3. The van der Waals surface area contributed by atoms with Crippen LogP contribution in [0.5, 0.6) is 0 Å². The molecule has 1 aliphatic heterocycles. The predicted molar refractivity (Wildman–Crippen MR) is 95.8 cm³/mol. The second kappa shape index (κ2) is 6.96. The van der Waals surface area contributed by atoms with E-state index in [1.54, 1.807) is 43.0 Å². The first kappa shape index (κ1) is 17.0. The quantitative estimate of drug-likeness (QED) is 0.905. The zero-order chi connectivity index (χ0) is 18.0. The van der Waals surface area contributed by atoms with Crippen LogP contribution in [0.4, 0.5) is 5.69 Å². The molecule has 1 atom stereocenters. The van der Waals surface area contributed by atoms with Crippen molar-refractivity contribution in [1.29, 1.82) is 0 Å². The Labute approximate surface area is 147 Å². The highest BCUT2D eigenvalue weighted by Gasteiger charge is 2.25. The first-order valence-corrected chi connectivity index (χ1v) is 8.30. The minimum Gasteiger partial charge on any atom is -0.367 e. The molecule has 0 radical (unpaired) electrons. The Kier molecular flexibility index (Phi) is 4.74. The van der Waals surface area contributed by atoms with Gasteiger partial charge in [0.05, 0.1) is 11.9 Å². The maximum atomic E-state index is 12.5. The van der Waals surface area contributed by atoms with Gasteiger partial charge in [0, 0.05) is 57.6 Å². The number of nitrogens with one attached hydrogen (secondary N) is 1. The molecule has 1 aromatic heterocycles. The normalized spacial score (nSPS) is 16.8. The standard InChI is InChI=1S/C18H23N5O2/c1-21(2)18(25)14-6-4-5-13(9-14)17(24)20-15-7-8-23(11-15)16-10-19-22(3)12-16/h4-6,9-10,12,15H,7-8,11H2,1-3H3,(H,20,24)/t15-/m1/s1. The minimum absolute atomic E-state index is 0.0842. The fraction of sp³-hybridized carbons (Fsp3) is 0.389. The van der Waals surface area contributed by atoms with E-state index in [9.17, 15) is 9.59 Å². The molecule has 2 heterocycles. The van der Waals surface area contributed by atoms with Gasteiger partial charge in [0.2, 0.25) is 0 Å². The second-order valence-electron chi connectivity index (χ2n) is 6.56. The van der Waals surface area contributed by atoms with E-state index in [2.05, 4.69) is 15.3 Å². The number of carbonyl (C=O) groups is 2. The van der Waals surface area contributed by atoms with Crippen LogP contribution >= 0.6 is 0 Å². The molecule has 1 aliphatic rings. The van der Waals surface area contributed by atoms with E-state index < -0.39 is 0 Å². The summed E-state index contributed by atoms with van der Waals surface area (Å²) in [6.07, 6.45) is 4.69. The molecule has 1 fully saturated rings. The van der Waals surface area contributed by atoms with Gasteiger partial charge >= 0.3 is 0 Å². The molecular formula is C18H23N5O2. The summed E-state index contributed by atoms with van der Waals surface area (Å²) < 4.78 is 1.77. The highest BCUT2D eigenvalue weighted by atomic mass is 16.2. The molecule has 0 unspecified atom stereocenters. The van der Waals surface area contributed by atoms with Gasteiger partial charge in [0.25, 0.3) is 11.8 Å². The number of amides is 2. The summed E-state index contributed by atoms with van der Waals surface area (Å²) in [5.41, 5.74) is 2.09. The highest BCUT2D eigenvalue weighted by molar-refractivity contribution is 5.99. The summed E-state index contributed by atoms with van der Waals surface area (Å²) in [7, 11) is 5.28. The van der Waals surface area contributed by atoms with E-state index in [-0.39, 0.29) is 17.9 Å². The van der Waals surface area contributed by atoms with Crippen LogP contribution in [-0.2, 0) is 7.05 Å². The molecule has 25 heavy (non-hydrogen) atoms. The van der Waals surface area contributed by atoms with Crippen molar-refractivity contribution >= 4 is 17.5 Å². The molecule has 0 saturated carbocycles. The van der Waals surface area contributed by atoms with Crippen LogP contribution < -0.4 is 10.2 Å². The van der Waals surface area contributed by atoms with Gasteiger partial charge in [-0.1, -0.05) is 6.07 Å². The number of rotatable bonds is 4. The van der Waals surface area contributed by atoms with Crippen molar-refractivity contribution in [2.75, 3.05) is 32.1 Å². The smallest absolute Gasteiger partial charge is 0.253 e. The lowest BCUT2D eigenvalue weighted by Crippen LogP contribution is -2.37. The Hall–Kier alpha value is -2.83. The molecule has 0 spiro atoms. The van der Waals surface area contributed by atoms with Crippen LogP contribution in [0.1, 0.15) is 27.1 Å². The number of nitrogens with zero attached hydrogens (tertiary/aromatic N) is 4. The first-order valence-electron chi connectivity index (χ1n) is 8.30. The van der Waals surface area contributed by atoms with Crippen molar-refractivity contribution in [2.45, 2.75) is 12.5 Å². The zero-order valence-corrected chi connectivity index (χ0v) is 14.8. The third kappa shape index (κ3) is 3.81. The average Bonchev–Trinajstić information content (AvgIpc) is 3.23. The Balaban J connectivity index is 1.63. The molecule has 0 aliphatic carbocycles. The molecule has 2 amide bonds. The largest absolute Gasteiger partial charge is 0.367 e. The lowest BCUT2D eigenvalue weighted by atomic mass is 10.1. The second-order valence-corrected chi connectivity index (χ2v) is 6.56. The Bertz CT molecular complexity index is 783. The van der Waals surface area contributed by atoms with Gasteiger partial charge < -0.3 is 15.1 Å². The van der Waals surface area contributed by atoms with E-state index in [4.69, 9.17) is 0 Å². The van der Waals surface area contributed by atoms with Gasteiger partial charge in [-0.3, -0.25) is 14.3 Å². The van der Waals surface area contributed by atoms with Crippen LogP contribution in [0.15, 0.2) is 36.7 Å². The monoisotopic (exact) mass is 341 g/mol. The Morgan fingerprint density at radius 2 is 2.04 bits per heavy atom. The fourth-order valence-electron chi connectivity index (χ4n) is 3.00. The van der Waals surface area contributed by atoms with Crippen LogP contribution in [-0.4, -0.2) is 59.7 Å². The molecule has 2 aromatic rings. The Morgan fingerprint density at radius 3 is 2.72 bits per heavy atom. The van der Waals surface area contributed by atoms with E-state index in [0.29, 0.717) is 11.1 Å². The van der Waals surface area contributed by atoms with Gasteiger partial charge in [-0.15, -0.1) is 0 Å². The van der Waals surface area contributed by atoms with Crippen molar-refractivity contribution in [1.82, 2.24) is 20.0 Å². The molecule has 3 rings (SSSR count). The molecule has 1 saturated heterocycles. The summed E-state index contributed by atoms with van der Waals surface area (Å²) in [6, 6.07) is 6.92.